The van der Waals surface area contributed by atoms with E-state index in [0.29, 0.717) is 17.7 Å². The van der Waals surface area contributed by atoms with Crippen LogP contribution >= 0.6 is 15.9 Å². The molecule has 0 aliphatic carbocycles. The second kappa shape index (κ2) is 7.29. The lowest BCUT2D eigenvalue weighted by Gasteiger charge is -2.11. The highest BCUT2D eigenvalue weighted by atomic mass is 79.9. The maximum Gasteiger partial charge on any atom is 0.165 e. The van der Waals surface area contributed by atoms with Crippen LogP contribution in [0, 0.1) is 5.82 Å². The van der Waals surface area contributed by atoms with Crippen LogP contribution in [0.15, 0.2) is 42.5 Å². The van der Waals surface area contributed by atoms with Gasteiger partial charge in [0.15, 0.2) is 11.6 Å². The molecule has 0 saturated heterocycles. The normalized spacial score (nSPS) is 10.3. The van der Waals surface area contributed by atoms with Gasteiger partial charge in [0, 0.05) is 17.3 Å². The number of alkyl halides is 1. The third-order valence-electron chi connectivity index (χ3n) is 2.99. The van der Waals surface area contributed by atoms with Gasteiger partial charge in [0.25, 0.3) is 0 Å². The van der Waals surface area contributed by atoms with Gasteiger partial charge in [-0.15, -0.1) is 0 Å². The molecule has 20 heavy (non-hydrogen) atoms. The molecule has 0 aromatic heterocycles. The van der Waals surface area contributed by atoms with Gasteiger partial charge in [0.05, 0.1) is 13.7 Å². The standard InChI is InChI=1S/C16H16BrFO2/c1-19-14-7-5-12(6-8-14)9-10-20-16-13(11-17)3-2-4-15(16)18/h2-8H,9-11H2,1H3. The summed E-state index contributed by atoms with van der Waals surface area (Å²) < 4.78 is 24.4. The molecule has 0 N–H and O–H groups in total. The topological polar surface area (TPSA) is 18.5 Å². The van der Waals surface area contributed by atoms with Gasteiger partial charge >= 0.3 is 0 Å². The summed E-state index contributed by atoms with van der Waals surface area (Å²) >= 11 is 3.33. The van der Waals surface area contributed by atoms with E-state index in [1.54, 1.807) is 13.2 Å². The van der Waals surface area contributed by atoms with Gasteiger partial charge in [-0.25, -0.2) is 4.39 Å². The molecule has 0 aliphatic heterocycles. The van der Waals surface area contributed by atoms with Crippen LogP contribution in [-0.4, -0.2) is 13.7 Å². The zero-order chi connectivity index (χ0) is 14.4. The molecule has 0 unspecified atom stereocenters. The summed E-state index contributed by atoms with van der Waals surface area (Å²) in [5.41, 5.74) is 1.95. The summed E-state index contributed by atoms with van der Waals surface area (Å²) in [7, 11) is 1.64. The average molecular weight is 339 g/mol. The van der Waals surface area contributed by atoms with E-state index in [-0.39, 0.29) is 5.82 Å². The quantitative estimate of drug-likeness (QED) is 0.729. The van der Waals surface area contributed by atoms with Crippen molar-refractivity contribution in [2.24, 2.45) is 0 Å². The maximum atomic E-state index is 13.7. The molecule has 0 fully saturated rings. The van der Waals surface area contributed by atoms with E-state index < -0.39 is 0 Å². The minimum absolute atomic E-state index is 0.323. The molecule has 0 saturated carbocycles. The summed E-state index contributed by atoms with van der Waals surface area (Å²) in [5, 5.41) is 0.572. The number of halogens is 2. The van der Waals surface area contributed by atoms with Crippen LogP contribution in [-0.2, 0) is 11.8 Å². The average Bonchev–Trinajstić information content (AvgIpc) is 2.49. The number of benzene rings is 2. The molecule has 0 spiro atoms. The molecule has 2 aromatic carbocycles. The molecule has 0 radical (unpaired) electrons. The molecule has 0 heterocycles. The Balaban J connectivity index is 1.95. The summed E-state index contributed by atoms with van der Waals surface area (Å²) in [4.78, 5) is 0. The van der Waals surface area contributed by atoms with E-state index in [1.807, 2.05) is 30.3 Å². The molecule has 2 rings (SSSR count). The zero-order valence-electron chi connectivity index (χ0n) is 11.2. The molecule has 2 nitrogen and oxygen atoms in total. The monoisotopic (exact) mass is 338 g/mol. The summed E-state index contributed by atoms with van der Waals surface area (Å²) in [6, 6.07) is 12.7. The first-order chi connectivity index (χ1) is 9.74. The lowest BCUT2D eigenvalue weighted by Crippen LogP contribution is -2.04. The van der Waals surface area contributed by atoms with Gasteiger partial charge < -0.3 is 9.47 Å². The number of para-hydroxylation sites is 1. The highest BCUT2D eigenvalue weighted by molar-refractivity contribution is 9.08. The van der Waals surface area contributed by atoms with Crippen LogP contribution in [0.2, 0.25) is 0 Å². The van der Waals surface area contributed by atoms with Crippen molar-refractivity contribution in [1.82, 2.24) is 0 Å². The van der Waals surface area contributed by atoms with Crippen LogP contribution in [0.3, 0.4) is 0 Å². The molecule has 4 heteroatoms. The van der Waals surface area contributed by atoms with E-state index in [4.69, 9.17) is 9.47 Å². The molecule has 0 amide bonds. The van der Waals surface area contributed by atoms with E-state index >= 15 is 0 Å². The fourth-order valence-corrected chi connectivity index (χ4v) is 2.33. The molecule has 2 aromatic rings. The van der Waals surface area contributed by atoms with Crippen LogP contribution < -0.4 is 9.47 Å². The maximum absolute atomic E-state index is 13.7. The highest BCUT2D eigenvalue weighted by Gasteiger charge is 2.08. The van der Waals surface area contributed by atoms with E-state index in [0.717, 1.165) is 23.3 Å². The fraction of sp³-hybridized carbons (Fsp3) is 0.250. The van der Waals surface area contributed by atoms with Crippen molar-refractivity contribution >= 4 is 15.9 Å². The third kappa shape index (κ3) is 3.73. The lowest BCUT2D eigenvalue weighted by atomic mass is 10.1. The van der Waals surface area contributed by atoms with Gasteiger partial charge in [-0.05, 0) is 23.8 Å². The van der Waals surface area contributed by atoms with Gasteiger partial charge in [-0.1, -0.05) is 40.2 Å². The van der Waals surface area contributed by atoms with E-state index in [2.05, 4.69) is 15.9 Å². The molecule has 0 atom stereocenters. The minimum Gasteiger partial charge on any atom is -0.497 e. The van der Waals surface area contributed by atoms with Crippen LogP contribution in [0.1, 0.15) is 11.1 Å². The number of rotatable bonds is 6. The highest BCUT2D eigenvalue weighted by Crippen LogP contribution is 2.25. The first-order valence-corrected chi connectivity index (χ1v) is 7.46. The Morgan fingerprint density at radius 3 is 2.50 bits per heavy atom. The van der Waals surface area contributed by atoms with E-state index in [9.17, 15) is 4.39 Å². The number of hydrogen-bond acceptors (Lipinski definition) is 2. The van der Waals surface area contributed by atoms with Crippen molar-refractivity contribution < 1.29 is 13.9 Å². The van der Waals surface area contributed by atoms with Crippen molar-refractivity contribution in [3.8, 4) is 11.5 Å². The Hall–Kier alpha value is -1.55. The predicted molar refractivity (Wildman–Crippen MR) is 81.2 cm³/mol. The van der Waals surface area contributed by atoms with Crippen molar-refractivity contribution in [2.75, 3.05) is 13.7 Å². The zero-order valence-corrected chi connectivity index (χ0v) is 12.8. The Labute approximate surface area is 126 Å². The molecule has 0 bridgehead atoms. The van der Waals surface area contributed by atoms with E-state index in [1.165, 1.54) is 6.07 Å². The Kier molecular flexibility index (Phi) is 5.41. The number of hydrogen-bond donors (Lipinski definition) is 0. The first kappa shape index (κ1) is 14.9. The summed E-state index contributed by atoms with van der Waals surface area (Å²) in [6.07, 6.45) is 0.722. The van der Waals surface area contributed by atoms with Crippen molar-refractivity contribution in [3.63, 3.8) is 0 Å². The second-order valence-electron chi connectivity index (χ2n) is 4.31. The Morgan fingerprint density at radius 2 is 1.85 bits per heavy atom. The molecule has 0 aliphatic rings. The second-order valence-corrected chi connectivity index (χ2v) is 4.87. The predicted octanol–water partition coefficient (Wildman–Crippen LogP) is 4.35. The third-order valence-corrected chi connectivity index (χ3v) is 3.59. The Morgan fingerprint density at radius 1 is 1.10 bits per heavy atom. The number of ether oxygens (including phenoxy) is 2. The van der Waals surface area contributed by atoms with Gasteiger partial charge in [-0.3, -0.25) is 0 Å². The van der Waals surface area contributed by atoms with Gasteiger partial charge in [-0.2, -0.15) is 0 Å². The molecular weight excluding hydrogens is 323 g/mol. The number of methoxy groups -OCH3 is 1. The van der Waals surface area contributed by atoms with Crippen molar-refractivity contribution in [3.05, 3.63) is 59.4 Å². The summed E-state index contributed by atoms with van der Waals surface area (Å²) in [6.45, 7) is 0.438. The SMILES string of the molecule is COc1ccc(CCOc2c(F)cccc2CBr)cc1. The lowest BCUT2D eigenvalue weighted by molar-refractivity contribution is 0.303. The summed E-state index contributed by atoms with van der Waals surface area (Å²) in [5.74, 6) is 0.833. The van der Waals surface area contributed by atoms with Crippen molar-refractivity contribution in [2.45, 2.75) is 11.8 Å². The van der Waals surface area contributed by atoms with Gasteiger partial charge in [0.1, 0.15) is 5.75 Å². The Bertz CT molecular complexity index is 555. The van der Waals surface area contributed by atoms with Gasteiger partial charge in [0.2, 0.25) is 0 Å². The van der Waals surface area contributed by atoms with Crippen LogP contribution in [0.25, 0.3) is 0 Å². The largest absolute Gasteiger partial charge is 0.497 e. The minimum atomic E-state index is -0.323. The van der Waals surface area contributed by atoms with Crippen LogP contribution in [0.4, 0.5) is 4.39 Å². The van der Waals surface area contributed by atoms with Crippen LogP contribution in [0.5, 0.6) is 11.5 Å². The molecular formula is C16H16BrFO2. The smallest absolute Gasteiger partial charge is 0.165 e. The fourth-order valence-electron chi connectivity index (χ4n) is 1.88. The first-order valence-electron chi connectivity index (χ1n) is 6.33. The van der Waals surface area contributed by atoms with Crippen molar-refractivity contribution in [1.29, 1.82) is 0 Å². The molecule has 106 valence electrons.